The van der Waals surface area contributed by atoms with Crippen LogP contribution in [0.15, 0.2) is 31.0 Å². The molecule has 0 amide bonds. The monoisotopic (exact) mass is 255 g/mol. The Morgan fingerprint density at radius 3 is 3.00 bits per heavy atom. The van der Waals surface area contributed by atoms with Crippen molar-refractivity contribution in [1.29, 1.82) is 0 Å². The highest BCUT2D eigenvalue weighted by atomic mass is 15.3. The molecule has 2 aromatic rings. The number of nitrogens with one attached hydrogen (secondary N) is 1. The first-order valence-corrected chi connectivity index (χ1v) is 6.97. The summed E-state index contributed by atoms with van der Waals surface area (Å²) in [6, 6.07) is 4.65. The van der Waals surface area contributed by atoms with E-state index in [1.807, 2.05) is 6.07 Å². The second-order valence-corrected chi connectivity index (χ2v) is 5.64. The van der Waals surface area contributed by atoms with Gasteiger partial charge in [0.05, 0.1) is 5.69 Å². The van der Waals surface area contributed by atoms with Crippen LogP contribution in [0.2, 0.25) is 0 Å². The minimum absolute atomic E-state index is 0.602. The van der Waals surface area contributed by atoms with E-state index >= 15 is 0 Å². The molecule has 3 unspecified atom stereocenters. The molecule has 4 rings (SSSR count). The normalized spacial score (nSPS) is 28.7. The molecule has 0 radical (unpaired) electrons. The smallest absolute Gasteiger partial charge is 0.178 e. The number of pyridine rings is 1. The summed E-state index contributed by atoms with van der Waals surface area (Å²) >= 11 is 0. The second-order valence-electron chi connectivity index (χ2n) is 5.64. The number of nitrogens with zero attached hydrogens (tertiary/aromatic N) is 4. The van der Waals surface area contributed by atoms with Gasteiger partial charge in [0.1, 0.15) is 12.7 Å². The first-order valence-electron chi connectivity index (χ1n) is 6.97. The van der Waals surface area contributed by atoms with Crippen LogP contribution < -0.4 is 5.32 Å². The Kier molecular flexibility index (Phi) is 2.50. The van der Waals surface area contributed by atoms with Crippen LogP contribution in [0.5, 0.6) is 0 Å². The molecule has 2 bridgehead atoms. The summed E-state index contributed by atoms with van der Waals surface area (Å²) in [5.41, 5.74) is 1.06. The van der Waals surface area contributed by atoms with E-state index in [1.54, 1.807) is 17.2 Å². The molecule has 0 saturated heterocycles. The highest BCUT2D eigenvalue weighted by molar-refractivity contribution is 5.56. The predicted molar refractivity (Wildman–Crippen MR) is 72.0 cm³/mol. The molecule has 2 aliphatic carbocycles. The van der Waals surface area contributed by atoms with E-state index in [2.05, 4.69) is 26.4 Å². The Morgan fingerprint density at radius 2 is 2.26 bits per heavy atom. The molecule has 0 aliphatic heterocycles. The summed E-state index contributed by atoms with van der Waals surface area (Å²) in [5.74, 6) is 2.62. The third-order valence-corrected chi connectivity index (χ3v) is 4.50. The number of aromatic nitrogens is 4. The zero-order valence-electron chi connectivity index (χ0n) is 10.7. The lowest BCUT2D eigenvalue weighted by Crippen LogP contribution is -2.26. The summed E-state index contributed by atoms with van der Waals surface area (Å²) in [6.07, 6.45) is 10.5. The largest absolute Gasteiger partial charge is 0.379 e. The first kappa shape index (κ1) is 11.0. The van der Waals surface area contributed by atoms with Gasteiger partial charge in [-0.2, -0.15) is 5.10 Å². The lowest BCUT2D eigenvalue weighted by atomic mass is 9.95. The first-order chi connectivity index (χ1) is 9.40. The van der Waals surface area contributed by atoms with E-state index in [4.69, 9.17) is 0 Å². The molecule has 0 aromatic carbocycles. The summed E-state index contributed by atoms with van der Waals surface area (Å²) in [7, 11) is 0. The van der Waals surface area contributed by atoms with Gasteiger partial charge in [0, 0.05) is 12.2 Å². The molecule has 1 N–H and O–H groups in total. The third kappa shape index (κ3) is 1.89. The quantitative estimate of drug-likeness (QED) is 0.914. The van der Waals surface area contributed by atoms with Crippen molar-refractivity contribution in [3.63, 3.8) is 0 Å². The Morgan fingerprint density at radius 1 is 1.26 bits per heavy atom. The van der Waals surface area contributed by atoms with Crippen molar-refractivity contribution in [3.05, 3.63) is 31.0 Å². The SMILES string of the molecule is c1cnc(-n2cncn2)c(NC2CC3CCC2C3)c1. The maximum atomic E-state index is 4.42. The zero-order chi connectivity index (χ0) is 12.7. The van der Waals surface area contributed by atoms with Crippen LogP contribution in [0.1, 0.15) is 25.7 Å². The van der Waals surface area contributed by atoms with Crippen molar-refractivity contribution in [2.75, 3.05) is 5.32 Å². The molecule has 5 nitrogen and oxygen atoms in total. The van der Waals surface area contributed by atoms with E-state index in [0.717, 1.165) is 23.3 Å². The molecule has 2 aliphatic rings. The zero-order valence-corrected chi connectivity index (χ0v) is 10.7. The summed E-state index contributed by atoms with van der Waals surface area (Å²) in [4.78, 5) is 8.42. The van der Waals surface area contributed by atoms with Crippen LogP contribution in [0, 0.1) is 11.8 Å². The van der Waals surface area contributed by atoms with E-state index in [1.165, 1.54) is 32.0 Å². The van der Waals surface area contributed by atoms with Crippen molar-refractivity contribution < 1.29 is 0 Å². The van der Waals surface area contributed by atoms with Crippen molar-refractivity contribution in [3.8, 4) is 5.82 Å². The van der Waals surface area contributed by atoms with Crippen molar-refractivity contribution in [2.45, 2.75) is 31.7 Å². The van der Waals surface area contributed by atoms with Gasteiger partial charge in [-0.15, -0.1) is 0 Å². The minimum Gasteiger partial charge on any atom is -0.379 e. The van der Waals surface area contributed by atoms with Gasteiger partial charge in [-0.05, 0) is 43.2 Å². The fraction of sp³-hybridized carbons (Fsp3) is 0.500. The lowest BCUT2D eigenvalue weighted by Gasteiger charge is -2.24. The van der Waals surface area contributed by atoms with Gasteiger partial charge < -0.3 is 5.32 Å². The molecule has 0 spiro atoms. The Balaban J connectivity index is 1.61. The number of anilines is 1. The van der Waals surface area contributed by atoms with Crippen LogP contribution in [-0.4, -0.2) is 25.8 Å². The molecule has 3 atom stereocenters. The highest BCUT2D eigenvalue weighted by Gasteiger charge is 2.39. The van der Waals surface area contributed by atoms with E-state index < -0.39 is 0 Å². The summed E-state index contributed by atoms with van der Waals surface area (Å²) in [5, 5.41) is 7.85. The van der Waals surface area contributed by atoms with Crippen LogP contribution in [0.25, 0.3) is 5.82 Å². The van der Waals surface area contributed by atoms with Crippen LogP contribution >= 0.6 is 0 Å². The van der Waals surface area contributed by atoms with Gasteiger partial charge in [-0.3, -0.25) is 0 Å². The van der Waals surface area contributed by atoms with Crippen LogP contribution in [0.4, 0.5) is 5.69 Å². The van der Waals surface area contributed by atoms with Crippen molar-refractivity contribution in [2.24, 2.45) is 11.8 Å². The molecule has 5 heteroatoms. The van der Waals surface area contributed by atoms with Crippen LogP contribution in [0.3, 0.4) is 0 Å². The van der Waals surface area contributed by atoms with Crippen molar-refractivity contribution >= 4 is 5.69 Å². The number of hydrogen-bond donors (Lipinski definition) is 1. The van der Waals surface area contributed by atoms with Crippen molar-refractivity contribution in [1.82, 2.24) is 19.7 Å². The van der Waals surface area contributed by atoms with Gasteiger partial charge in [-0.25, -0.2) is 14.6 Å². The molecular weight excluding hydrogens is 238 g/mol. The fourth-order valence-electron chi connectivity index (χ4n) is 3.63. The van der Waals surface area contributed by atoms with E-state index in [-0.39, 0.29) is 0 Å². The number of hydrogen-bond acceptors (Lipinski definition) is 4. The van der Waals surface area contributed by atoms with Gasteiger partial charge in [0.25, 0.3) is 0 Å². The molecule has 2 saturated carbocycles. The standard InChI is InChI=1S/C14H17N5/c1-2-12(14(16-5-1)19-9-15-8-17-19)18-13-7-10-3-4-11(13)6-10/h1-2,5,8-11,13,18H,3-4,6-7H2. The Hall–Kier alpha value is -1.91. The van der Waals surface area contributed by atoms with E-state index in [0.29, 0.717) is 6.04 Å². The Labute approximate surface area is 112 Å². The summed E-state index contributed by atoms with van der Waals surface area (Å²) in [6.45, 7) is 0. The molecule has 2 heterocycles. The lowest BCUT2D eigenvalue weighted by molar-refractivity contribution is 0.439. The second kappa shape index (κ2) is 4.33. The maximum absolute atomic E-state index is 4.42. The predicted octanol–water partition coefficient (Wildman–Crippen LogP) is 2.26. The molecule has 2 aromatic heterocycles. The average Bonchev–Trinajstić information content (AvgIpc) is 3.17. The Bertz CT molecular complexity index is 565. The van der Waals surface area contributed by atoms with Gasteiger partial charge in [-0.1, -0.05) is 6.42 Å². The molecule has 98 valence electrons. The minimum atomic E-state index is 0.602. The maximum Gasteiger partial charge on any atom is 0.178 e. The number of rotatable bonds is 3. The van der Waals surface area contributed by atoms with Gasteiger partial charge in [0.15, 0.2) is 5.82 Å². The number of fused-ring (bicyclic) bond motifs is 2. The van der Waals surface area contributed by atoms with E-state index in [9.17, 15) is 0 Å². The highest BCUT2D eigenvalue weighted by Crippen LogP contribution is 2.45. The van der Waals surface area contributed by atoms with Gasteiger partial charge in [0.2, 0.25) is 0 Å². The average molecular weight is 255 g/mol. The molecule has 19 heavy (non-hydrogen) atoms. The molecular formula is C14H17N5. The van der Waals surface area contributed by atoms with Crippen LogP contribution in [-0.2, 0) is 0 Å². The topological polar surface area (TPSA) is 55.6 Å². The third-order valence-electron chi connectivity index (χ3n) is 4.50. The molecule has 2 fully saturated rings. The van der Waals surface area contributed by atoms with Gasteiger partial charge >= 0.3 is 0 Å². The summed E-state index contributed by atoms with van der Waals surface area (Å²) < 4.78 is 1.72. The fourth-order valence-corrected chi connectivity index (χ4v) is 3.63.